The van der Waals surface area contributed by atoms with Crippen molar-refractivity contribution in [1.82, 2.24) is 15.1 Å². The lowest BCUT2D eigenvalue weighted by Crippen LogP contribution is -2.24. The van der Waals surface area contributed by atoms with E-state index in [9.17, 15) is 4.79 Å². The molecule has 0 radical (unpaired) electrons. The van der Waals surface area contributed by atoms with E-state index >= 15 is 0 Å². The van der Waals surface area contributed by atoms with Crippen LogP contribution in [0.25, 0.3) is 16.9 Å². The fourth-order valence-corrected chi connectivity index (χ4v) is 3.94. The number of thioether (sulfide) groups is 1. The molecule has 2 heterocycles. The summed E-state index contributed by atoms with van der Waals surface area (Å²) >= 11 is 1.56. The van der Waals surface area contributed by atoms with Crippen LogP contribution in [0.3, 0.4) is 0 Å². The van der Waals surface area contributed by atoms with Gasteiger partial charge in [-0.05, 0) is 48.5 Å². The molecule has 4 aromatic rings. The number of amides is 1. The molecule has 1 amide bonds. The molecule has 0 atom stereocenters. The summed E-state index contributed by atoms with van der Waals surface area (Å²) in [5, 5.41) is 7.70. The van der Waals surface area contributed by atoms with E-state index in [4.69, 9.17) is 14.3 Å². The van der Waals surface area contributed by atoms with E-state index in [1.165, 1.54) is 0 Å². The first-order valence-corrected chi connectivity index (χ1v) is 11.0. The quantitative estimate of drug-likeness (QED) is 0.415. The lowest BCUT2D eigenvalue weighted by atomic mass is 10.1. The fourth-order valence-electron chi connectivity index (χ4n) is 3.12. The van der Waals surface area contributed by atoms with Gasteiger partial charge in [-0.15, -0.1) is 11.8 Å². The number of carbonyl (C=O) groups is 1. The maximum absolute atomic E-state index is 12.2. The monoisotopic (exact) mass is 433 g/mol. The number of para-hydroxylation sites is 1. The Balaban J connectivity index is 1.47. The molecule has 0 aliphatic carbocycles. The van der Waals surface area contributed by atoms with Crippen molar-refractivity contribution in [2.45, 2.75) is 12.3 Å². The van der Waals surface area contributed by atoms with E-state index in [1.54, 1.807) is 31.2 Å². The number of benzene rings is 2. The molecule has 0 bridgehead atoms. The Morgan fingerprint density at radius 2 is 1.90 bits per heavy atom. The van der Waals surface area contributed by atoms with Crippen molar-refractivity contribution in [1.29, 1.82) is 0 Å². The third-order valence-corrected chi connectivity index (χ3v) is 5.69. The van der Waals surface area contributed by atoms with Crippen LogP contribution in [0.5, 0.6) is 5.75 Å². The average molecular weight is 434 g/mol. The third kappa shape index (κ3) is 5.38. The number of methoxy groups -OCH3 is 1. The van der Waals surface area contributed by atoms with Crippen LogP contribution in [-0.4, -0.2) is 28.6 Å². The van der Waals surface area contributed by atoms with Gasteiger partial charge < -0.3 is 14.5 Å². The van der Waals surface area contributed by atoms with Gasteiger partial charge in [0.15, 0.2) is 0 Å². The van der Waals surface area contributed by atoms with Crippen LogP contribution in [0.1, 0.15) is 11.3 Å². The Kier molecular flexibility index (Phi) is 6.74. The van der Waals surface area contributed by atoms with Crippen LogP contribution < -0.4 is 10.1 Å². The highest BCUT2D eigenvalue weighted by Gasteiger charge is 2.14. The standard InChI is InChI=1S/C24H23N3O3S/c1-29-21-11-9-18(10-12-21)24-19(15-27(26-24)20-6-3-2-4-7-20)16-31-17-23(28)25-14-22-8-5-13-30-22/h2-13,15H,14,16-17H2,1H3,(H,25,28). The number of nitrogens with zero attached hydrogens (tertiary/aromatic N) is 2. The van der Waals surface area contributed by atoms with Crippen molar-refractivity contribution >= 4 is 17.7 Å². The summed E-state index contributed by atoms with van der Waals surface area (Å²) in [6.45, 7) is 0.398. The van der Waals surface area contributed by atoms with E-state index in [0.29, 0.717) is 18.1 Å². The van der Waals surface area contributed by atoms with Crippen molar-refractivity contribution < 1.29 is 13.9 Å². The maximum Gasteiger partial charge on any atom is 0.230 e. The first-order valence-electron chi connectivity index (χ1n) is 9.88. The normalized spacial score (nSPS) is 10.7. The van der Waals surface area contributed by atoms with E-state index in [0.717, 1.165) is 34.0 Å². The molecule has 0 aliphatic heterocycles. The van der Waals surface area contributed by atoms with Crippen molar-refractivity contribution in [3.05, 3.63) is 90.5 Å². The minimum atomic E-state index is -0.0251. The Hall–Kier alpha value is -3.45. The fraction of sp³-hybridized carbons (Fsp3) is 0.167. The Morgan fingerprint density at radius 1 is 1.10 bits per heavy atom. The number of furan rings is 1. The van der Waals surface area contributed by atoms with Crippen LogP contribution in [0, 0.1) is 0 Å². The summed E-state index contributed by atoms with van der Waals surface area (Å²) in [6.07, 6.45) is 3.63. The molecule has 1 N–H and O–H groups in total. The van der Waals surface area contributed by atoms with Crippen LogP contribution in [0.2, 0.25) is 0 Å². The van der Waals surface area contributed by atoms with E-state index in [1.807, 2.05) is 71.5 Å². The summed E-state index contributed by atoms with van der Waals surface area (Å²) in [7, 11) is 1.65. The minimum absolute atomic E-state index is 0.0251. The van der Waals surface area contributed by atoms with Gasteiger partial charge >= 0.3 is 0 Å². The summed E-state index contributed by atoms with van der Waals surface area (Å²) in [5.41, 5.74) is 3.96. The molecular formula is C24H23N3O3S. The highest BCUT2D eigenvalue weighted by Crippen LogP contribution is 2.28. The largest absolute Gasteiger partial charge is 0.497 e. The summed E-state index contributed by atoms with van der Waals surface area (Å²) in [5.74, 6) is 2.55. The number of ether oxygens (including phenoxy) is 1. The third-order valence-electron chi connectivity index (χ3n) is 4.70. The zero-order valence-corrected chi connectivity index (χ0v) is 18.0. The Labute approximate surface area is 185 Å². The SMILES string of the molecule is COc1ccc(-c2nn(-c3ccccc3)cc2CSCC(=O)NCc2ccco2)cc1. The molecule has 0 saturated carbocycles. The van der Waals surface area contributed by atoms with Crippen LogP contribution in [-0.2, 0) is 17.1 Å². The number of hydrogen-bond acceptors (Lipinski definition) is 5. The van der Waals surface area contributed by atoms with Gasteiger partial charge in [0.1, 0.15) is 11.5 Å². The Morgan fingerprint density at radius 3 is 2.61 bits per heavy atom. The van der Waals surface area contributed by atoms with Gasteiger partial charge in [-0.2, -0.15) is 5.10 Å². The second kappa shape index (κ2) is 10.0. The lowest BCUT2D eigenvalue weighted by Gasteiger charge is -2.05. The molecule has 0 fully saturated rings. The van der Waals surface area contributed by atoms with Gasteiger partial charge in [0.05, 0.1) is 37.1 Å². The first-order chi connectivity index (χ1) is 15.2. The molecule has 7 heteroatoms. The molecular weight excluding hydrogens is 410 g/mol. The summed E-state index contributed by atoms with van der Waals surface area (Å²) in [6, 6.07) is 21.5. The molecule has 2 aromatic heterocycles. The number of rotatable bonds is 9. The number of aromatic nitrogens is 2. The predicted octanol–water partition coefficient (Wildman–Crippen LogP) is 4.69. The Bertz CT molecular complexity index is 1110. The molecule has 0 saturated heterocycles. The van der Waals surface area contributed by atoms with Gasteiger partial charge in [0.2, 0.25) is 5.91 Å². The van der Waals surface area contributed by atoms with Gasteiger partial charge in [-0.3, -0.25) is 4.79 Å². The average Bonchev–Trinajstić information content (AvgIpc) is 3.49. The zero-order chi connectivity index (χ0) is 21.5. The molecule has 6 nitrogen and oxygen atoms in total. The van der Waals surface area contributed by atoms with Crippen molar-refractivity contribution in [2.24, 2.45) is 0 Å². The smallest absolute Gasteiger partial charge is 0.230 e. The second-order valence-electron chi connectivity index (χ2n) is 6.86. The van der Waals surface area contributed by atoms with Gasteiger partial charge in [-0.25, -0.2) is 4.68 Å². The van der Waals surface area contributed by atoms with Crippen LogP contribution in [0.4, 0.5) is 0 Å². The van der Waals surface area contributed by atoms with Gasteiger partial charge in [0, 0.05) is 23.1 Å². The van der Waals surface area contributed by atoms with E-state index in [2.05, 4.69) is 5.32 Å². The van der Waals surface area contributed by atoms with E-state index in [-0.39, 0.29) is 5.91 Å². The maximum atomic E-state index is 12.2. The molecule has 0 unspecified atom stereocenters. The van der Waals surface area contributed by atoms with Crippen LogP contribution in [0.15, 0.2) is 83.6 Å². The second-order valence-corrected chi connectivity index (χ2v) is 7.85. The molecule has 4 rings (SSSR count). The molecule has 31 heavy (non-hydrogen) atoms. The lowest BCUT2D eigenvalue weighted by molar-refractivity contribution is -0.118. The van der Waals surface area contributed by atoms with Crippen molar-refractivity contribution in [3.8, 4) is 22.7 Å². The topological polar surface area (TPSA) is 69.3 Å². The van der Waals surface area contributed by atoms with Crippen LogP contribution >= 0.6 is 11.8 Å². The molecule has 0 spiro atoms. The number of nitrogens with one attached hydrogen (secondary N) is 1. The van der Waals surface area contributed by atoms with Gasteiger partial charge in [-0.1, -0.05) is 18.2 Å². The summed E-state index contributed by atoms with van der Waals surface area (Å²) in [4.78, 5) is 12.2. The minimum Gasteiger partial charge on any atom is -0.497 e. The highest BCUT2D eigenvalue weighted by atomic mass is 32.2. The highest BCUT2D eigenvalue weighted by molar-refractivity contribution is 7.99. The van der Waals surface area contributed by atoms with Crippen molar-refractivity contribution in [2.75, 3.05) is 12.9 Å². The molecule has 2 aromatic carbocycles. The number of hydrogen-bond donors (Lipinski definition) is 1. The molecule has 0 aliphatic rings. The van der Waals surface area contributed by atoms with E-state index < -0.39 is 0 Å². The number of carbonyl (C=O) groups excluding carboxylic acids is 1. The van der Waals surface area contributed by atoms with Crippen molar-refractivity contribution in [3.63, 3.8) is 0 Å². The van der Waals surface area contributed by atoms with Gasteiger partial charge in [0.25, 0.3) is 0 Å². The first kappa shape index (κ1) is 20.8. The zero-order valence-electron chi connectivity index (χ0n) is 17.2. The predicted molar refractivity (Wildman–Crippen MR) is 122 cm³/mol. The molecule has 158 valence electrons. The summed E-state index contributed by atoms with van der Waals surface area (Å²) < 4.78 is 12.4.